The van der Waals surface area contributed by atoms with Gasteiger partial charge < -0.3 is 9.52 Å². The summed E-state index contributed by atoms with van der Waals surface area (Å²) in [5, 5.41) is 9.00. The lowest BCUT2D eigenvalue weighted by Gasteiger charge is -2.31. The Labute approximate surface area is 101 Å². The Kier molecular flexibility index (Phi) is 3.84. The predicted octanol–water partition coefficient (Wildman–Crippen LogP) is 2.60. The topological polar surface area (TPSA) is 53.7 Å². The van der Waals surface area contributed by atoms with E-state index in [4.69, 9.17) is 9.52 Å². The smallest absolute Gasteiger partial charge is 0.339 e. The highest BCUT2D eigenvalue weighted by atomic mass is 16.4. The van der Waals surface area contributed by atoms with Crippen molar-refractivity contribution in [1.29, 1.82) is 0 Å². The first-order valence-electron chi connectivity index (χ1n) is 6.22. The number of hydrogen-bond acceptors (Lipinski definition) is 3. The number of aromatic carboxylic acids is 1. The third kappa shape index (κ3) is 2.88. The van der Waals surface area contributed by atoms with E-state index in [0.717, 1.165) is 19.0 Å². The largest absolute Gasteiger partial charge is 0.478 e. The van der Waals surface area contributed by atoms with Crippen LogP contribution >= 0.6 is 0 Å². The minimum atomic E-state index is -0.905. The van der Waals surface area contributed by atoms with Gasteiger partial charge in [-0.2, -0.15) is 0 Å². The van der Waals surface area contributed by atoms with Crippen LogP contribution in [0.25, 0.3) is 0 Å². The summed E-state index contributed by atoms with van der Waals surface area (Å²) >= 11 is 0. The summed E-state index contributed by atoms with van der Waals surface area (Å²) in [7, 11) is 0. The summed E-state index contributed by atoms with van der Waals surface area (Å²) in [4.78, 5) is 13.3. The maximum atomic E-state index is 11.0. The van der Waals surface area contributed by atoms with Gasteiger partial charge in [0.25, 0.3) is 0 Å². The Balaban J connectivity index is 2.00. The first-order chi connectivity index (χ1) is 8.20. The van der Waals surface area contributed by atoms with Crippen molar-refractivity contribution in [3.63, 3.8) is 0 Å². The zero-order valence-electron chi connectivity index (χ0n) is 10.2. The Bertz CT molecular complexity index is 386. The highest BCUT2D eigenvalue weighted by molar-refractivity contribution is 5.88. The standard InChI is InChI=1S/C13H19NO3/c1-2-10-4-3-6-14(8-10)9-12-11(13(15)16)5-7-17-12/h5,7,10H,2-4,6,8-9H2,1H3,(H,15,16). The number of furan rings is 1. The van der Waals surface area contributed by atoms with Gasteiger partial charge in [-0.15, -0.1) is 0 Å². The second kappa shape index (κ2) is 5.36. The van der Waals surface area contributed by atoms with E-state index in [9.17, 15) is 4.79 Å². The van der Waals surface area contributed by atoms with Crippen molar-refractivity contribution < 1.29 is 14.3 Å². The van der Waals surface area contributed by atoms with Gasteiger partial charge in [0.05, 0.1) is 12.8 Å². The quantitative estimate of drug-likeness (QED) is 0.874. The molecule has 1 atom stereocenters. The van der Waals surface area contributed by atoms with Crippen LogP contribution in [0, 0.1) is 5.92 Å². The van der Waals surface area contributed by atoms with Crippen LogP contribution in [0.1, 0.15) is 42.3 Å². The Hall–Kier alpha value is -1.29. The van der Waals surface area contributed by atoms with Crippen molar-refractivity contribution in [2.24, 2.45) is 5.92 Å². The number of carbonyl (C=O) groups is 1. The van der Waals surface area contributed by atoms with Gasteiger partial charge >= 0.3 is 5.97 Å². The molecule has 0 bridgehead atoms. The predicted molar refractivity (Wildman–Crippen MR) is 64.0 cm³/mol. The molecule has 4 heteroatoms. The van der Waals surface area contributed by atoms with Crippen LogP contribution in [-0.4, -0.2) is 29.1 Å². The zero-order valence-corrected chi connectivity index (χ0v) is 10.2. The Morgan fingerprint density at radius 2 is 2.47 bits per heavy atom. The van der Waals surface area contributed by atoms with E-state index in [1.165, 1.54) is 31.6 Å². The average molecular weight is 237 g/mol. The maximum absolute atomic E-state index is 11.0. The van der Waals surface area contributed by atoms with Crippen LogP contribution in [0.5, 0.6) is 0 Å². The van der Waals surface area contributed by atoms with E-state index in [2.05, 4.69) is 11.8 Å². The van der Waals surface area contributed by atoms with Gasteiger partial charge in [0, 0.05) is 6.54 Å². The fraction of sp³-hybridized carbons (Fsp3) is 0.615. The van der Waals surface area contributed by atoms with Gasteiger partial charge in [0.1, 0.15) is 11.3 Å². The summed E-state index contributed by atoms with van der Waals surface area (Å²) in [6.45, 7) is 4.92. The number of carboxylic acids is 1. The number of piperidine rings is 1. The lowest BCUT2D eigenvalue weighted by molar-refractivity contribution is 0.0691. The Morgan fingerprint density at radius 3 is 3.18 bits per heavy atom. The van der Waals surface area contributed by atoms with E-state index >= 15 is 0 Å². The molecule has 0 aliphatic carbocycles. The van der Waals surface area contributed by atoms with Gasteiger partial charge in [-0.1, -0.05) is 13.3 Å². The third-order valence-electron chi connectivity index (χ3n) is 3.52. The molecule has 0 amide bonds. The molecule has 2 rings (SSSR count). The lowest BCUT2D eigenvalue weighted by Crippen LogP contribution is -2.34. The van der Waals surface area contributed by atoms with Crippen LogP contribution in [0.4, 0.5) is 0 Å². The molecule has 1 aliphatic rings. The number of carboxylic acid groups (broad SMARTS) is 1. The molecule has 17 heavy (non-hydrogen) atoms. The molecule has 1 unspecified atom stereocenters. The molecule has 1 aromatic heterocycles. The van der Waals surface area contributed by atoms with Crippen molar-refractivity contribution in [1.82, 2.24) is 4.90 Å². The lowest BCUT2D eigenvalue weighted by atomic mass is 9.95. The highest BCUT2D eigenvalue weighted by Gasteiger charge is 2.21. The van der Waals surface area contributed by atoms with Crippen molar-refractivity contribution in [2.45, 2.75) is 32.7 Å². The van der Waals surface area contributed by atoms with E-state index in [1.807, 2.05) is 0 Å². The molecule has 4 nitrogen and oxygen atoms in total. The third-order valence-corrected chi connectivity index (χ3v) is 3.52. The molecule has 1 fully saturated rings. The average Bonchev–Trinajstić information content (AvgIpc) is 2.77. The van der Waals surface area contributed by atoms with E-state index < -0.39 is 5.97 Å². The molecule has 1 aromatic rings. The summed E-state index contributed by atoms with van der Waals surface area (Å²) in [5.41, 5.74) is 0.295. The maximum Gasteiger partial charge on any atom is 0.339 e. The van der Waals surface area contributed by atoms with E-state index in [0.29, 0.717) is 17.9 Å². The molecule has 0 radical (unpaired) electrons. The highest BCUT2D eigenvalue weighted by Crippen LogP contribution is 2.22. The summed E-state index contributed by atoms with van der Waals surface area (Å²) < 4.78 is 5.28. The summed E-state index contributed by atoms with van der Waals surface area (Å²) in [6.07, 6.45) is 5.14. The van der Waals surface area contributed by atoms with Gasteiger partial charge in [0.15, 0.2) is 0 Å². The van der Waals surface area contributed by atoms with Crippen molar-refractivity contribution in [2.75, 3.05) is 13.1 Å². The van der Waals surface area contributed by atoms with Crippen molar-refractivity contribution in [3.05, 3.63) is 23.7 Å². The molecule has 0 aromatic carbocycles. The van der Waals surface area contributed by atoms with Gasteiger partial charge in [-0.25, -0.2) is 4.79 Å². The first kappa shape index (κ1) is 12.2. The second-order valence-corrected chi connectivity index (χ2v) is 4.71. The fourth-order valence-electron chi connectivity index (χ4n) is 2.48. The number of rotatable bonds is 4. The fourth-order valence-corrected chi connectivity index (χ4v) is 2.48. The molecular weight excluding hydrogens is 218 g/mol. The molecular formula is C13H19NO3. The normalized spacial score (nSPS) is 21.6. The molecule has 1 aliphatic heterocycles. The van der Waals surface area contributed by atoms with Crippen LogP contribution in [0.2, 0.25) is 0 Å². The van der Waals surface area contributed by atoms with Gasteiger partial charge in [-0.3, -0.25) is 4.90 Å². The molecule has 2 heterocycles. The van der Waals surface area contributed by atoms with Crippen LogP contribution in [-0.2, 0) is 6.54 Å². The van der Waals surface area contributed by atoms with Crippen LogP contribution in [0.15, 0.2) is 16.7 Å². The number of hydrogen-bond donors (Lipinski definition) is 1. The van der Waals surface area contributed by atoms with Crippen LogP contribution in [0.3, 0.4) is 0 Å². The number of nitrogens with zero attached hydrogens (tertiary/aromatic N) is 1. The Morgan fingerprint density at radius 1 is 1.65 bits per heavy atom. The molecule has 1 saturated heterocycles. The van der Waals surface area contributed by atoms with Crippen molar-refractivity contribution in [3.8, 4) is 0 Å². The minimum Gasteiger partial charge on any atom is -0.478 e. The van der Waals surface area contributed by atoms with Gasteiger partial charge in [0.2, 0.25) is 0 Å². The molecule has 0 saturated carbocycles. The number of likely N-dealkylation sites (tertiary alicyclic amines) is 1. The SMILES string of the molecule is CCC1CCCN(Cc2occc2C(=O)O)C1. The summed E-state index contributed by atoms with van der Waals surface area (Å²) in [6, 6.07) is 1.53. The second-order valence-electron chi connectivity index (χ2n) is 4.71. The first-order valence-corrected chi connectivity index (χ1v) is 6.22. The van der Waals surface area contributed by atoms with E-state index in [1.54, 1.807) is 0 Å². The van der Waals surface area contributed by atoms with Crippen LogP contribution < -0.4 is 0 Å². The molecule has 1 N–H and O–H groups in total. The summed E-state index contributed by atoms with van der Waals surface area (Å²) in [5.74, 6) is 0.416. The van der Waals surface area contributed by atoms with Crippen molar-refractivity contribution >= 4 is 5.97 Å². The molecule has 0 spiro atoms. The van der Waals surface area contributed by atoms with Gasteiger partial charge in [-0.05, 0) is 31.4 Å². The molecule has 94 valence electrons. The monoisotopic (exact) mass is 237 g/mol. The van der Waals surface area contributed by atoms with E-state index in [-0.39, 0.29) is 0 Å². The zero-order chi connectivity index (χ0) is 12.3. The minimum absolute atomic E-state index is 0.295.